The van der Waals surface area contributed by atoms with Crippen LogP contribution >= 0.6 is 0 Å². The summed E-state index contributed by atoms with van der Waals surface area (Å²) in [6.45, 7) is 5.58. The molecule has 2 aliphatic rings. The number of hydrogen-bond donors (Lipinski definition) is 2. The average Bonchev–Trinajstić information content (AvgIpc) is 3.32. The molecule has 0 bridgehead atoms. The van der Waals surface area contributed by atoms with E-state index >= 15 is 0 Å². The standard InChI is InChI=1S/C25H27F2N3O4/c1-4-18(31)24(12-25(26,27)13-24)29-23(34)21(32)19-15(3)20(30-11-5-6-17(19)30)22(33)28-16-9-7-14(2)8-10-16/h7-10H,4-6,11-13H2,1-3H3,(H,28,33)(H,29,34). The van der Waals surface area contributed by atoms with E-state index in [9.17, 15) is 28.0 Å². The molecular formula is C25H27F2N3O4. The molecule has 1 aromatic heterocycles. The number of aryl methyl sites for hydroxylation is 1. The monoisotopic (exact) mass is 471 g/mol. The van der Waals surface area contributed by atoms with Crippen molar-refractivity contribution >= 4 is 29.1 Å². The lowest BCUT2D eigenvalue weighted by Crippen LogP contribution is -2.67. The number of Topliss-reactive ketones (excluding diaryl/α,β-unsaturated/α-hetero) is 2. The Bertz CT molecular complexity index is 1190. The number of nitrogens with zero attached hydrogens (tertiary/aromatic N) is 1. The molecule has 2 aromatic rings. The highest BCUT2D eigenvalue weighted by molar-refractivity contribution is 6.44. The Kier molecular flexibility index (Phi) is 5.91. The second-order valence-electron chi connectivity index (χ2n) is 9.22. The number of ketones is 2. The van der Waals surface area contributed by atoms with Crippen molar-refractivity contribution in [3.05, 3.63) is 52.3 Å². The van der Waals surface area contributed by atoms with Crippen LogP contribution in [0.3, 0.4) is 0 Å². The Labute approximate surface area is 195 Å². The first kappa shape index (κ1) is 23.8. The van der Waals surface area contributed by atoms with Gasteiger partial charge in [0.1, 0.15) is 11.2 Å². The third kappa shape index (κ3) is 4.03. The van der Waals surface area contributed by atoms with Gasteiger partial charge in [0.05, 0.1) is 5.56 Å². The minimum atomic E-state index is -3.06. The van der Waals surface area contributed by atoms with Crippen LogP contribution in [-0.4, -0.2) is 39.4 Å². The van der Waals surface area contributed by atoms with Crippen LogP contribution in [0.1, 0.15) is 70.3 Å². The Morgan fingerprint density at radius 1 is 1.06 bits per heavy atom. The number of nitrogens with one attached hydrogen (secondary N) is 2. The predicted octanol–water partition coefficient (Wildman–Crippen LogP) is 3.75. The molecule has 0 atom stereocenters. The van der Waals surface area contributed by atoms with Gasteiger partial charge in [-0.2, -0.15) is 0 Å². The molecule has 1 aliphatic heterocycles. The summed E-state index contributed by atoms with van der Waals surface area (Å²) in [6.07, 6.45) is -0.461. The number of aromatic nitrogens is 1. The van der Waals surface area contributed by atoms with Crippen molar-refractivity contribution in [1.82, 2.24) is 9.88 Å². The molecule has 34 heavy (non-hydrogen) atoms. The lowest BCUT2D eigenvalue weighted by atomic mass is 9.69. The molecule has 7 nitrogen and oxygen atoms in total. The van der Waals surface area contributed by atoms with Gasteiger partial charge in [-0.15, -0.1) is 0 Å². The van der Waals surface area contributed by atoms with Gasteiger partial charge in [-0.05, 0) is 44.4 Å². The van der Waals surface area contributed by atoms with E-state index in [0.717, 1.165) is 5.56 Å². The first-order chi connectivity index (χ1) is 16.0. The smallest absolute Gasteiger partial charge is 0.293 e. The molecule has 1 aromatic carbocycles. The molecule has 2 heterocycles. The highest BCUT2D eigenvalue weighted by Crippen LogP contribution is 2.46. The first-order valence-electron chi connectivity index (χ1n) is 11.4. The number of rotatable bonds is 7. The fraction of sp³-hybridized carbons (Fsp3) is 0.440. The third-order valence-electron chi connectivity index (χ3n) is 6.70. The third-order valence-corrected chi connectivity index (χ3v) is 6.70. The highest BCUT2D eigenvalue weighted by atomic mass is 19.3. The molecule has 0 saturated heterocycles. The Morgan fingerprint density at radius 2 is 1.71 bits per heavy atom. The Morgan fingerprint density at radius 3 is 2.29 bits per heavy atom. The van der Waals surface area contributed by atoms with Crippen LogP contribution < -0.4 is 10.6 Å². The number of carbonyl (C=O) groups excluding carboxylic acids is 4. The molecule has 2 amide bonds. The number of anilines is 1. The number of carbonyl (C=O) groups is 4. The van der Waals surface area contributed by atoms with Gasteiger partial charge in [0, 0.05) is 37.2 Å². The van der Waals surface area contributed by atoms with Crippen molar-refractivity contribution in [3.63, 3.8) is 0 Å². The lowest BCUT2D eigenvalue weighted by molar-refractivity contribution is -0.163. The molecule has 1 fully saturated rings. The minimum absolute atomic E-state index is 0.0332. The average molecular weight is 472 g/mol. The summed E-state index contributed by atoms with van der Waals surface area (Å²) in [6, 6.07) is 7.27. The maximum absolute atomic E-state index is 13.6. The summed E-state index contributed by atoms with van der Waals surface area (Å²) in [4.78, 5) is 51.5. The molecular weight excluding hydrogens is 444 g/mol. The zero-order valence-corrected chi connectivity index (χ0v) is 19.4. The second kappa shape index (κ2) is 8.45. The fourth-order valence-corrected chi connectivity index (χ4v) is 5.05. The van der Waals surface area contributed by atoms with Crippen molar-refractivity contribution in [2.24, 2.45) is 0 Å². The van der Waals surface area contributed by atoms with E-state index in [1.54, 1.807) is 23.6 Å². The summed E-state index contributed by atoms with van der Waals surface area (Å²) in [5, 5.41) is 5.13. The van der Waals surface area contributed by atoms with Crippen LogP contribution in [0.15, 0.2) is 24.3 Å². The van der Waals surface area contributed by atoms with Crippen LogP contribution in [0.4, 0.5) is 14.5 Å². The van der Waals surface area contributed by atoms with E-state index in [-0.39, 0.29) is 12.0 Å². The van der Waals surface area contributed by atoms with Gasteiger partial charge in [-0.25, -0.2) is 8.78 Å². The minimum Gasteiger partial charge on any atom is -0.340 e. The summed E-state index contributed by atoms with van der Waals surface area (Å²) in [5.41, 5.74) is 1.23. The summed E-state index contributed by atoms with van der Waals surface area (Å²) >= 11 is 0. The van der Waals surface area contributed by atoms with Gasteiger partial charge in [-0.3, -0.25) is 19.2 Å². The molecule has 0 unspecified atom stereocenters. The molecule has 2 N–H and O–H groups in total. The number of fused-ring (bicyclic) bond motifs is 1. The molecule has 1 saturated carbocycles. The molecule has 1 aliphatic carbocycles. The summed E-state index contributed by atoms with van der Waals surface area (Å²) in [5.74, 6) is -6.02. The van der Waals surface area contributed by atoms with Gasteiger partial charge in [0.2, 0.25) is 0 Å². The van der Waals surface area contributed by atoms with E-state index in [4.69, 9.17) is 0 Å². The quantitative estimate of drug-likeness (QED) is 0.475. The molecule has 180 valence electrons. The largest absolute Gasteiger partial charge is 0.340 e. The maximum atomic E-state index is 13.6. The number of benzene rings is 1. The van der Waals surface area contributed by atoms with Crippen LogP contribution in [0.25, 0.3) is 0 Å². The van der Waals surface area contributed by atoms with E-state index in [2.05, 4.69) is 10.6 Å². The lowest BCUT2D eigenvalue weighted by Gasteiger charge is -2.46. The molecule has 0 radical (unpaired) electrons. The van der Waals surface area contributed by atoms with Crippen molar-refractivity contribution < 1.29 is 28.0 Å². The van der Waals surface area contributed by atoms with Gasteiger partial charge >= 0.3 is 0 Å². The molecule has 9 heteroatoms. The zero-order chi connectivity index (χ0) is 24.8. The van der Waals surface area contributed by atoms with Crippen molar-refractivity contribution in [1.29, 1.82) is 0 Å². The number of amides is 2. The van der Waals surface area contributed by atoms with Crippen molar-refractivity contribution in [2.45, 2.75) is 70.9 Å². The number of alkyl halides is 2. The maximum Gasteiger partial charge on any atom is 0.293 e. The normalized spacial score (nSPS) is 17.4. The predicted molar refractivity (Wildman–Crippen MR) is 121 cm³/mol. The van der Waals surface area contributed by atoms with Crippen molar-refractivity contribution in [2.75, 3.05) is 5.32 Å². The number of hydrogen-bond acceptors (Lipinski definition) is 4. The van der Waals surface area contributed by atoms with E-state index in [1.165, 1.54) is 6.92 Å². The SMILES string of the molecule is CCC(=O)C1(NC(=O)C(=O)c2c(C)c(C(=O)Nc3ccc(C)cc3)n3c2CCC3)CC(F)(F)C1. The zero-order valence-electron chi connectivity index (χ0n) is 19.4. The summed E-state index contributed by atoms with van der Waals surface area (Å²) in [7, 11) is 0. The molecule has 0 spiro atoms. The highest BCUT2D eigenvalue weighted by Gasteiger charge is 2.61. The van der Waals surface area contributed by atoms with Crippen LogP contribution in [-0.2, 0) is 22.6 Å². The molecule has 4 rings (SSSR count). The van der Waals surface area contributed by atoms with E-state index in [1.807, 2.05) is 19.1 Å². The summed E-state index contributed by atoms with van der Waals surface area (Å²) < 4.78 is 29.0. The van der Waals surface area contributed by atoms with Crippen LogP contribution in [0.2, 0.25) is 0 Å². The van der Waals surface area contributed by atoms with Gasteiger partial charge < -0.3 is 15.2 Å². The first-order valence-corrected chi connectivity index (χ1v) is 11.4. The second-order valence-corrected chi connectivity index (χ2v) is 9.22. The fourth-order valence-electron chi connectivity index (χ4n) is 5.05. The van der Waals surface area contributed by atoms with Gasteiger partial charge in [0.25, 0.3) is 23.5 Å². The van der Waals surface area contributed by atoms with E-state index in [0.29, 0.717) is 42.0 Å². The topological polar surface area (TPSA) is 97.3 Å². The number of halogens is 2. The van der Waals surface area contributed by atoms with E-state index < -0.39 is 47.7 Å². The Hall–Kier alpha value is -3.36. The van der Waals surface area contributed by atoms with Crippen LogP contribution in [0, 0.1) is 13.8 Å². The van der Waals surface area contributed by atoms with Gasteiger partial charge in [0.15, 0.2) is 5.78 Å². The van der Waals surface area contributed by atoms with Crippen LogP contribution in [0.5, 0.6) is 0 Å². The van der Waals surface area contributed by atoms with Crippen molar-refractivity contribution in [3.8, 4) is 0 Å². The Balaban J connectivity index is 1.61. The van der Waals surface area contributed by atoms with Gasteiger partial charge in [-0.1, -0.05) is 24.6 Å².